The Hall–Kier alpha value is -3.53. The van der Waals surface area contributed by atoms with Crippen LogP contribution in [0.25, 0.3) is 10.8 Å². The maximum Gasteiger partial charge on any atom is 0.315 e. The topological polar surface area (TPSA) is 55.7 Å². The summed E-state index contributed by atoms with van der Waals surface area (Å²) < 4.78 is 5.80. The van der Waals surface area contributed by atoms with E-state index in [1.807, 2.05) is 61.5 Å². The fourth-order valence-electron chi connectivity index (χ4n) is 5.43. The lowest BCUT2D eigenvalue weighted by Crippen LogP contribution is -2.39. The van der Waals surface area contributed by atoms with Crippen LogP contribution in [0.3, 0.4) is 0 Å². The molecule has 0 saturated carbocycles. The standard InChI is InChI=1S/C30H29NO3/c1-19-26(29(33)34-18-20-10-5-4-6-11-20)27(23-15-9-13-21-12-7-8-14-22(21)23)28-24(31-19)16-30(2,3)17-25(28)32/h4-15,26-27H,16-18H2,1-3H3/t26?,27-/m0/s1. The summed E-state index contributed by atoms with van der Waals surface area (Å²) in [5.41, 5.74) is 3.98. The van der Waals surface area contributed by atoms with Crippen LogP contribution < -0.4 is 0 Å². The third kappa shape index (κ3) is 4.09. The Morgan fingerprint density at radius 3 is 2.47 bits per heavy atom. The van der Waals surface area contributed by atoms with Gasteiger partial charge >= 0.3 is 5.97 Å². The number of hydrogen-bond donors (Lipinski definition) is 0. The Morgan fingerprint density at radius 1 is 0.971 bits per heavy atom. The molecular weight excluding hydrogens is 422 g/mol. The maximum atomic E-state index is 13.6. The van der Waals surface area contributed by atoms with E-state index in [0.717, 1.165) is 34.0 Å². The van der Waals surface area contributed by atoms with Crippen LogP contribution in [0.1, 0.15) is 50.7 Å². The van der Waals surface area contributed by atoms with Gasteiger partial charge in [0.1, 0.15) is 12.5 Å². The van der Waals surface area contributed by atoms with E-state index >= 15 is 0 Å². The number of aliphatic imine (C=N–C) groups is 1. The lowest BCUT2D eigenvalue weighted by atomic mass is 9.66. The molecule has 0 fully saturated rings. The third-order valence-corrected chi connectivity index (χ3v) is 6.94. The van der Waals surface area contributed by atoms with Gasteiger partial charge in [0.2, 0.25) is 0 Å². The number of ketones is 1. The number of fused-ring (bicyclic) bond motifs is 1. The van der Waals surface area contributed by atoms with Gasteiger partial charge in [0.15, 0.2) is 5.78 Å². The van der Waals surface area contributed by atoms with Crippen molar-refractivity contribution in [1.82, 2.24) is 0 Å². The van der Waals surface area contributed by atoms with Gasteiger partial charge in [-0.15, -0.1) is 0 Å². The number of esters is 1. The number of carbonyl (C=O) groups excluding carboxylic acids is 2. The van der Waals surface area contributed by atoms with E-state index in [1.165, 1.54) is 0 Å². The van der Waals surface area contributed by atoms with E-state index < -0.39 is 11.8 Å². The second kappa shape index (κ2) is 8.68. The minimum absolute atomic E-state index is 0.0845. The van der Waals surface area contributed by atoms with Gasteiger partial charge in [-0.3, -0.25) is 14.6 Å². The first kappa shape index (κ1) is 22.3. The lowest BCUT2D eigenvalue weighted by molar-refractivity contribution is -0.148. The van der Waals surface area contributed by atoms with E-state index in [4.69, 9.17) is 9.73 Å². The molecule has 3 aromatic carbocycles. The van der Waals surface area contributed by atoms with Crippen LogP contribution in [0.4, 0.5) is 0 Å². The summed E-state index contributed by atoms with van der Waals surface area (Å²) >= 11 is 0. The van der Waals surface area contributed by atoms with Crippen LogP contribution in [0.2, 0.25) is 0 Å². The highest BCUT2D eigenvalue weighted by molar-refractivity contribution is 6.10. The molecule has 2 atom stereocenters. The Bertz CT molecular complexity index is 1330. The summed E-state index contributed by atoms with van der Waals surface area (Å²) in [6.07, 6.45) is 1.17. The predicted octanol–water partition coefficient (Wildman–Crippen LogP) is 6.40. The molecular formula is C30H29NO3. The second-order valence-corrected chi connectivity index (χ2v) is 10.2. The van der Waals surface area contributed by atoms with Crippen molar-refractivity contribution in [1.29, 1.82) is 0 Å². The van der Waals surface area contributed by atoms with Gasteiger partial charge in [-0.25, -0.2) is 0 Å². The van der Waals surface area contributed by atoms with Crippen LogP contribution in [0.5, 0.6) is 0 Å². The van der Waals surface area contributed by atoms with Gasteiger partial charge in [-0.2, -0.15) is 0 Å². The molecule has 4 nitrogen and oxygen atoms in total. The van der Waals surface area contributed by atoms with Gasteiger partial charge in [-0.05, 0) is 40.7 Å². The Balaban J connectivity index is 1.62. The normalized spacial score (nSPS) is 21.7. The highest BCUT2D eigenvalue weighted by Gasteiger charge is 2.46. The summed E-state index contributed by atoms with van der Waals surface area (Å²) in [4.78, 5) is 32.0. The highest BCUT2D eigenvalue weighted by Crippen LogP contribution is 2.49. The molecule has 1 aliphatic carbocycles. The Kier molecular flexibility index (Phi) is 5.68. The van der Waals surface area contributed by atoms with Crippen molar-refractivity contribution in [2.75, 3.05) is 0 Å². The van der Waals surface area contributed by atoms with Crippen molar-refractivity contribution in [2.24, 2.45) is 16.3 Å². The summed E-state index contributed by atoms with van der Waals surface area (Å²) in [7, 11) is 0. The van der Waals surface area contributed by atoms with Gasteiger partial charge in [-0.1, -0.05) is 86.6 Å². The molecule has 0 N–H and O–H groups in total. The van der Waals surface area contributed by atoms with Crippen molar-refractivity contribution >= 4 is 28.2 Å². The molecule has 0 aromatic heterocycles. The Morgan fingerprint density at radius 2 is 1.68 bits per heavy atom. The van der Waals surface area contributed by atoms with E-state index in [2.05, 4.69) is 32.0 Å². The van der Waals surface area contributed by atoms with Crippen LogP contribution in [0.15, 0.2) is 89.1 Å². The first-order valence-corrected chi connectivity index (χ1v) is 11.8. The molecule has 0 radical (unpaired) electrons. The van der Waals surface area contributed by atoms with Crippen molar-refractivity contribution in [3.63, 3.8) is 0 Å². The second-order valence-electron chi connectivity index (χ2n) is 10.2. The Labute approximate surface area is 200 Å². The molecule has 0 saturated heterocycles. The van der Waals surface area contributed by atoms with Gasteiger partial charge in [0.05, 0.1) is 0 Å². The van der Waals surface area contributed by atoms with E-state index in [9.17, 15) is 9.59 Å². The van der Waals surface area contributed by atoms with Crippen LogP contribution >= 0.6 is 0 Å². The van der Waals surface area contributed by atoms with E-state index in [1.54, 1.807) is 0 Å². The first-order chi connectivity index (χ1) is 16.3. The number of benzene rings is 3. The number of ether oxygens (including phenoxy) is 1. The third-order valence-electron chi connectivity index (χ3n) is 6.94. The zero-order valence-electron chi connectivity index (χ0n) is 19.9. The molecule has 172 valence electrons. The molecule has 3 aromatic rings. The van der Waals surface area contributed by atoms with Crippen molar-refractivity contribution in [3.05, 3.63) is 95.2 Å². The van der Waals surface area contributed by atoms with Crippen molar-refractivity contribution in [3.8, 4) is 0 Å². The number of carbonyl (C=O) groups is 2. The number of allylic oxidation sites excluding steroid dienone is 2. The summed E-state index contributed by atoms with van der Waals surface area (Å²) in [6.45, 7) is 6.29. The molecule has 2 aliphatic rings. The molecule has 0 amide bonds. The van der Waals surface area contributed by atoms with Crippen LogP contribution in [0, 0.1) is 11.3 Å². The highest BCUT2D eigenvalue weighted by atomic mass is 16.5. The van der Waals surface area contributed by atoms with Crippen LogP contribution in [-0.2, 0) is 20.9 Å². The molecule has 5 rings (SSSR count). The first-order valence-electron chi connectivity index (χ1n) is 11.8. The molecule has 0 spiro atoms. The molecule has 1 aliphatic heterocycles. The largest absolute Gasteiger partial charge is 0.460 e. The lowest BCUT2D eigenvalue weighted by Gasteiger charge is -2.39. The smallest absolute Gasteiger partial charge is 0.315 e. The zero-order valence-corrected chi connectivity index (χ0v) is 19.9. The summed E-state index contributed by atoms with van der Waals surface area (Å²) in [5, 5.41) is 2.14. The van der Waals surface area contributed by atoms with Crippen LogP contribution in [-0.4, -0.2) is 17.5 Å². The maximum absolute atomic E-state index is 13.6. The fourth-order valence-corrected chi connectivity index (χ4v) is 5.43. The average Bonchev–Trinajstić information content (AvgIpc) is 2.81. The minimum atomic E-state index is -0.640. The predicted molar refractivity (Wildman–Crippen MR) is 135 cm³/mol. The number of rotatable bonds is 4. The fraction of sp³-hybridized carbons (Fsp3) is 0.300. The number of nitrogens with zero attached hydrogens (tertiary/aromatic N) is 1. The number of Topliss-reactive ketones (excluding diaryl/α,β-unsaturated/α-hetero) is 1. The zero-order chi connectivity index (χ0) is 23.9. The van der Waals surface area contributed by atoms with Gasteiger partial charge in [0, 0.05) is 29.3 Å². The SMILES string of the molecule is CC1=NC2=C(C(=O)CC(C)(C)C2)[C@@H](c2cccc3ccccc23)C1C(=O)OCc1ccccc1. The molecule has 1 unspecified atom stereocenters. The van der Waals surface area contributed by atoms with Crippen molar-refractivity contribution in [2.45, 2.75) is 46.1 Å². The molecule has 34 heavy (non-hydrogen) atoms. The minimum Gasteiger partial charge on any atom is -0.460 e. The van der Waals surface area contributed by atoms with E-state index in [-0.39, 0.29) is 23.8 Å². The van der Waals surface area contributed by atoms with E-state index in [0.29, 0.717) is 17.7 Å². The molecule has 4 heteroatoms. The summed E-state index contributed by atoms with van der Waals surface area (Å²) in [5.74, 6) is -1.31. The van der Waals surface area contributed by atoms with Gasteiger partial charge < -0.3 is 4.74 Å². The average molecular weight is 452 g/mol. The number of hydrogen-bond acceptors (Lipinski definition) is 4. The van der Waals surface area contributed by atoms with Crippen molar-refractivity contribution < 1.29 is 14.3 Å². The summed E-state index contributed by atoms with van der Waals surface area (Å²) in [6, 6.07) is 23.9. The molecule has 1 heterocycles. The van der Waals surface area contributed by atoms with Gasteiger partial charge in [0.25, 0.3) is 0 Å². The monoisotopic (exact) mass is 451 g/mol. The molecule has 0 bridgehead atoms. The quantitative estimate of drug-likeness (QED) is 0.431.